The summed E-state index contributed by atoms with van der Waals surface area (Å²) < 4.78 is 33.4. The zero-order valence-corrected chi connectivity index (χ0v) is 12.8. The lowest BCUT2D eigenvalue weighted by atomic mass is 10.1. The monoisotopic (exact) mass is 319 g/mol. The molecular weight excluding hydrogens is 298 g/mol. The zero-order chi connectivity index (χ0) is 15.5. The van der Waals surface area contributed by atoms with Gasteiger partial charge in [0.25, 0.3) is 10.2 Å². The molecule has 2 aliphatic rings. The first-order valence-electron chi connectivity index (χ1n) is 7.16. The van der Waals surface area contributed by atoms with Crippen LogP contribution in [0.5, 0.6) is 0 Å². The number of hydrogen-bond donors (Lipinski definition) is 2. The molecule has 2 unspecified atom stereocenters. The average molecular weight is 319 g/mol. The summed E-state index contributed by atoms with van der Waals surface area (Å²) in [5.41, 5.74) is 0. The second-order valence-corrected chi connectivity index (χ2v) is 6.84. The van der Waals surface area contributed by atoms with Gasteiger partial charge < -0.3 is 10.1 Å². The highest BCUT2D eigenvalue weighted by atomic mass is 32.2. The maximum atomic E-state index is 12.4. The summed E-state index contributed by atoms with van der Waals surface area (Å²) in [6.45, 7) is 2.49. The minimum Gasteiger partial charge on any atom is -0.465 e. The van der Waals surface area contributed by atoms with Crippen molar-refractivity contribution in [3.8, 4) is 0 Å². The van der Waals surface area contributed by atoms with Gasteiger partial charge in [0.1, 0.15) is 6.04 Å². The molecule has 0 aromatic heterocycles. The van der Waals surface area contributed by atoms with E-state index in [0.29, 0.717) is 32.2 Å². The molecule has 2 N–H and O–H groups in total. The molecule has 2 fully saturated rings. The highest BCUT2D eigenvalue weighted by Crippen LogP contribution is 2.22. The van der Waals surface area contributed by atoms with Crippen LogP contribution in [0.2, 0.25) is 0 Å². The molecule has 21 heavy (non-hydrogen) atoms. The van der Waals surface area contributed by atoms with Gasteiger partial charge in [0, 0.05) is 25.6 Å². The maximum absolute atomic E-state index is 12.4. The van der Waals surface area contributed by atoms with Gasteiger partial charge in [0.05, 0.1) is 6.61 Å². The minimum absolute atomic E-state index is 0.0731. The molecule has 0 aromatic carbocycles. The van der Waals surface area contributed by atoms with Gasteiger partial charge in [0.15, 0.2) is 0 Å². The van der Waals surface area contributed by atoms with Crippen molar-refractivity contribution in [3.63, 3.8) is 0 Å². The molecule has 0 aliphatic carbocycles. The number of nitrogens with zero attached hydrogens (tertiary/aromatic N) is 1. The Morgan fingerprint density at radius 3 is 2.86 bits per heavy atom. The van der Waals surface area contributed by atoms with Gasteiger partial charge in [-0.05, 0) is 26.2 Å². The van der Waals surface area contributed by atoms with Crippen LogP contribution in [-0.4, -0.2) is 56.4 Å². The maximum Gasteiger partial charge on any atom is 0.324 e. The largest absolute Gasteiger partial charge is 0.465 e. The van der Waals surface area contributed by atoms with Gasteiger partial charge >= 0.3 is 5.97 Å². The van der Waals surface area contributed by atoms with Gasteiger partial charge in [-0.15, -0.1) is 0 Å². The van der Waals surface area contributed by atoms with E-state index in [-0.39, 0.29) is 25.1 Å². The van der Waals surface area contributed by atoms with Crippen LogP contribution in [0.3, 0.4) is 0 Å². The average Bonchev–Trinajstić information content (AvgIpc) is 2.92. The van der Waals surface area contributed by atoms with Crippen molar-refractivity contribution >= 4 is 22.1 Å². The smallest absolute Gasteiger partial charge is 0.324 e. The molecule has 9 heteroatoms. The molecule has 0 spiro atoms. The van der Waals surface area contributed by atoms with Crippen molar-refractivity contribution in [2.45, 2.75) is 44.7 Å². The van der Waals surface area contributed by atoms with Crippen molar-refractivity contribution in [2.24, 2.45) is 0 Å². The van der Waals surface area contributed by atoms with E-state index in [1.807, 2.05) is 0 Å². The van der Waals surface area contributed by atoms with E-state index in [0.717, 1.165) is 0 Å². The summed E-state index contributed by atoms with van der Waals surface area (Å²) >= 11 is 0. The molecule has 2 rings (SSSR count). The molecule has 2 aliphatic heterocycles. The van der Waals surface area contributed by atoms with E-state index >= 15 is 0 Å². The predicted molar refractivity (Wildman–Crippen MR) is 74.4 cm³/mol. The number of ether oxygens (including phenoxy) is 1. The second-order valence-electron chi connectivity index (χ2n) is 5.18. The summed E-state index contributed by atoms with van der Waals surface area (Å²) in [5, 5.41) is 2.62. The summed E-state index contributed by atoms with van der Waals surface area (Å²) in [5.74, 6) is -0.576. The summed E-state index contributed by atoms with van der Waals surface area (Å²) in [4.78, 5) is 22.9. The third kappa shape index (κ3) is 3.92. The van der Waals surface area contributed by atoms with Crippen LogP contribution in [0, 0.1) is 0 Å². The van der Waals surface area contributed by atoms with Crippen LogP contribution >= 0.6 is 0 Å². The van der Waals surface area contributed by atoms with Crippen molar-refractivity contribution in [1.82, 2.24) is 14.3 Å². The number of nitrogens with one attached hydrogen (secondary N) is 2. The van der Waals surface area contributed by atoms with E-state index in [1.165, 1.54) is 4.31 Å². The lowest BCUT2D eigenvalue weighted by Gasteiger charge is -2.28. The molecule has 0 radical (unpaired) electrons. The molecule has 0 saturated carbocycles. The Bertz CT molecular complexity index is 497. The minimum atomic E-state index is -3.76. The zero-order valence-electron chi connectivity index (χ0n) is 12.0. The molecule has 0 bridgehead atoms. The van der Waals surface area contributed by atoms with Crippen LogP contribution in [-0.2, 0) is 24.5 Å². The number of amides is 1. The third-order valence-electron chi connectivity index (χ3n) is 3.65. The number of hydrogen-bond acceptors (Lipinski definition) is 5. The fourth-order valence-electron chi connectivity index (χ4n) is 2.61. The SMILES string of the molecule is CCOC(=O)C1CCCN1S(=O)(=O)NC1CCC(=O)NC1. The standard InChI is InChI=1S/C12H21N3O5S/c1-2-20-12(17)10-4-3-7-15(10)21(18,19)14-9-5-6-11(16)13-8-9/h9-10,14H,2-8H2,1H3,(H,13,16). The lowest BCUT2D eigenvalue weighted by molar-refractivity contribution is -0.146. The van der Waals surface area contributed by atoms with Gasteiger partial charge in [-0.2, -0.15) is 17.4 Å². The van der Waals surface area contributed by atoms with Crippen LogP contribution in [0.1, 0.15) is 32.6 Å². The van der Waals surface area contributed by atoms with Crippen LogP contribution in [0.4, 0.5) is 0 Å². The Kier molecular flexibility index (Phi) is 5.17. The van der Waals surface area contributed by atoms with E-state index in [2.05, 4.69) is 10.0 Å². The fraction of sp³-hybridized carbons (Fsp3) is 0.833. The number of esters is 1. The first-order chi connectivity index (χ1) is 9.94. The van der Waals surface area contributed by atoms with E-state index in [4.69, 9.17) is 4.74 Å². The molecule has 2 heterocycles. The number of piperidine rings is 1. The molecule has 2 atom stereocenters. The van der Waals surface area contributed by atoms with Gasteiger partial charge in [-0.3, -0.25) is 9.59 Å². The normalized spacial score (nSPS) is 27.4. The lowest BCUT2D eigenvalue weighted by Crippen LogP contribution is -2.54. The first kappa shape index (κ1) is 16.2. The van der Waals surface area contributed by atoms with Gasteiger partial charge in [-0.25, -0.2) is 0 Å². The van der Waals surface area contributed by atoms with Crippen LogP contribution < -0.4 is 10.0 Å². The summed E-state index contributed by atoms with van der Waals surface area (Å²) in [7, 11) is -3.76. The second kappa shape index (κ2) is 6.71. The van der Waals surface area contributed by atoms with E-state index < -0.39 is 22.2 Å². The molecule has 8 nitrogen and oxygen atoms in total. The van der Waals surface area contributed by atoms with E-state index in [9.17, 15) is 18.0 Å². The van der Waals surface area contributed by atoms with Crippen molar-refractivity contribution < 1.29 is 22.7 Å². The Hall–Kier alpha value is -1.19. The highest BCUT2D eigenvalue weighted by Gasteiger charge is 2.40. The quantitative estimate of drug-likeness (QED) is 0.641. The third-order valence-corrected chi connectivity index (χ3v) is 5.34. The Morgan fingerprint density at radius 1 is 1.48 bits per heavy atom. The molecule has 2 saturated heterocycles. The van der Waals surface area contributed by atoms with Crippen LogP contribution in [0.25, 0.3) is 0 Å². The first-order valence-corrected chi connectivity index (χ1v) is 8.60. The van der Waals surface area contributed by atoms with Crippen molar-refractivity contribution in [3.05, 3.63) is 0 Å². The molecule has 1 amide bonds. The Labute approximate surface area is 124 Å². The van der Waals surface area contributed by atoms with Gasteiger partial charge in [0.2, 0.25) is 5.91 Å². The Balaban J connectivity index is 2.00. The highest BCUT2D eigenvalue weighted by molar-refractivity contribution is 7.87. The number of carbonyl (C=O) groups is 2. The summed E-state index contributed by atoms with van der Waals surface area (Å²) in [6, 6.07) is -1.09. The number of carbonyl (C=O) groups excluding carboxylic acids is 2. The van der Waals surface area contributed by atoms with Crippen LogP contribution in [0.15, 0.2) is 0 Å². The summed E-state index contributed by atoms with van der Waals surface area (Å²) in [6.07, 6.45) is 1.87. The van der Waals surface area contributed by atoms with Crippen molar-refractivity contribution in [2.75, 3.05) is 19.7 Å². The van der Waals surface area contributed by atoms with Gasteiger partial charge in [-0.1, -0.05) is 0 Å². The molecule has 120 valence electrons. The Morgan fingerprint density at radius 2 is 2.24 bits per heavy atom. The predicted octanol–water partition coefficient (Wildman–Crippen LogP) is -0.873. The van der Waals surface area contributed by atoms with E-state index in [1.54, 1.807) is 6.92 Å². The van der Waals surface area contributed by atoms with Crippen molar-refractivity contribution in [1.29, 1.82) is 0 Å². The molecule has 0 aromatic rings. The molecular formula is C12H21N3O5S. The fourth-order valence-corrected chi connectivity index (χ4v) is 4.27. The topological polar surface area (TPSA) is 105 Å². The number of rotatable bonds is 5.